The monoisotopic (exact) mass is 378 g/mol. The van der Waals surface area contributed by atoms with E-state index >= 15 is 0 Å². The average Bonchev–Trinajstić information content (AvgIpc) is 3.11. The summed E-state index contributed by atoms with van der Waals surface area (Å²) < 4.78 is 7.04. The molecular weight excluding hydrogens is 356 g/mol. The van der Waals surface area contributed by atoms with Crippen LogP contribution in [0.2, 0.25) is 0 Å². The summed E-state index contributed by atoms with van der Waals surface area (Å²) in [6, 6.07) is 0. The highest BCUT2D eigenvalue weighted by atomic mass is 32.2. The predicted molar refractivity (Wildman–Crippen MR) is 102 cm³/mol. The molecule has 0 saturated carbocycles. The highest BCUT2D eigenvalue weighted by Gasteiger charge is 2.22. The van der Waals surface area contributed by atoms with Gasteiger partial charge in [-0.25, -0.2) is 4.98 Å². The van der Waals surface area contributed by atoms with Crippen molar-refractivity contribution in [3.05, 3.63) is 32.5 Å². The Bertz CT molecular complexity index is 979. The fourth-order valence-corrected chi connectivity index (χ4v) is 4.42. The van der Waals surface area contributed by atoms with Crippen molar-refractivity contribution in [1.82, 2.24) is 19.7 Å². The molecule has 3 aromatic heterocycles. The topological polar surface area (TPSA) is 73.8 Å². The van der Waals surface area contributed by atoms with E-state index in [0.29, 0.717) is 29.2 Å². The minimum Gasteiger partial charge on any atom is -0.339 e. The van der Waals surface area contributed by atoms with E-state index in [1.165, 1.54) is 11.8 Å². The minimum absolute atomic E-state index is 0.0281. The Hall–Kier alpha value is -1.67. The van der Waals surface area contributed by atoms with Crippen molar-refractivity contribution in [3.8, 4) is 0 Å². The van der Waals surface area contributed by atoms with Gasteiger partial charge in [0.25, 0.3) is 5.56 Å². The summed E-state index contributed by atoms with van der Waals surface area (Å²) in [5.74, 6) is 1.75. The second kappa shape index (κ2) is 6.57. The van der Waals surface area contributed by atoms with Crippen molar-refractivity contribution in [2.75, 3.05) is 0 Å². The van der Waals surface area contributed by atoms with Crippen LogP contribution in [0, 0.1) is 13.8 Å². The number of nitrogens with zero attached hydrogens (tertiary/aromatic N) is 4. The van der Waals surface area contributed by atoms with E-state index in [-0.39, 0.29) is 11.0 Å². The zero-order chi connectivity index (χ0) is 18.4. The van der Waals surface area contributed by atoms with E-state index in [0.717, 1.165) is 20.7 Å². The number of aryl methyl sites for hydroxylation is 2. The molecule has 0 aliphatic carbocycles. The number of hydrogen-bond donors (Lipinski definition) is 0. The van der Waals surface area contributed by atoms with Crippen molar-refractivity contribution in [2.24, 2.45) is 0 Å². The lowest BCUT2D eigenvalue weighted by atomic mass is 9.97. The van der Waals surface area contributed by atoms with Gasteiger partial charge in [-0.3, -0.25) is 9.36 Å². The molecule has 0 N–H and O–H groups in total. The highest BCUT2D eigenvalue weighted by Crippen LogP contribution is 2.29. The van der Waals surface area contributed by atoms with Crippen molar-refractivity contribution in [3.63, 3.8) is 0 Å². The lowest BCUT2D eigenvalue weighted by Gasteiger charge is -2.10. The van der Waals surface area contributed by atoms with Crippen molar-refractivity contribution in [2.45, 2.75) is 64.4 Å². The molecular formula is C17H22N4O2S2. The fraction of sp³-hybridized carbons (Fsp3) is 0.529. The Morgan fingerprint density at radius 1 is 1.24 bits per heavy atom. The van der Waals surface area contributed by atoms with E-state index in [4.69, 9.17) is 9.51 Å². The highest BCUT2D eigenvalue weighted by molar-refractivity contribution is 7.98. The first-order valence-corrected chi connectivity index (χ1v) is 9.99. The van der Waals surface area contributed by atoms with Gasteiger partial charge in [0, 0.05) is 16.8 Å². The first kappa shape index (κ1) is 18.1. The van der Waals surface area contributed by atoms with Crippen LogP contribution in [0.25, 0.3) is 10.2 Å². The number of rotatable bonds is 4. The SMILES string of the molecule is CCn1c(SCc2noc(C(C)(C)C)n2)nc2sc(C)c(C)c2c1=O. The Labute approximate surface area is 154 Å². The second-order valence-electron chi connectivity index (χ2n) is 6.96. The quantitative estimate of drug-likeness (QED) is 0.503. The molecule has 0 saturated heterocycles. The van der Waals surface area contributed by atoms with Gasteiger partial charge < -0.3 is 4.52 Å². The standard InChI is InChI=1S/C17H22N4O2S2/c1-7-21-14(22)12-9(2)10(3)25-13(12)19-16(21)24-8-11-18-15(23-20-11)17(4,5)6/h7-8H2,1-6H3. The van der Waals surface area contributed by atoms with E-state index in [1.807, 2.05) is 41.5 Å². The number of thioether (sulfide) groups is 1. The van der Waals surface area contributed by atoms with Crippen LogP contribution < -0.4 is 5.56 Å². The van der Waals surface area contributed by atoms with Gasteiger partial charge in [-0.1, -0.05) is 37.7 Å². The lowest BCUT2D eigenvalue weighted by Crippen LogP contribution is -2.22. The zero-order valence-electron chi connectivity index (χ0n) is 15.3. The Morgan fingerprint density at radius 3 is 2.56 bits per heavy atom. The predicted octanol–water partition coefficient (Wildman–Crippen LogP) is 4.07. The number of fused-ring (bicyclic) bond motifs is 1. The van der Waals surface area contributed by atoms with Crippen LogP contribution >= 0.6 is 23.1 Å². The smallest absolute Gasteiger partial charge is 0.263 e. The van der Waals surface area contributed by atoms with Crippen molar-refractivity contribution >= 4 is 33.3 Å². The van der Waals surface area contributed by atoms with Crippen LogP contribution in [0.4, 0.5) is 0 Å². The molecule has 0 atom stereocenters. The van der Waals surface area contributed by atoms with Crippen LogP contribution in [0.3, 0.4) is 0 Å². The van der Waals surface area contributed by atoms with Crippen LogP contribution in [0.15, 0.2) is 14.5 Å². The molecule has 6 nitrogen and oxygen atoms in total. The van der Waals surface area contributed by atoms with E-state index < -0.39 is 0 Å². The van der Waals surface area contributed by atoms with Gasteiger partial charge in [0.1, 0.15) is 4.83 Å². The third-order valence-electron chi connectivity index (χ3n) is 4.01. The molecule has 25 heavy (non-hydrogen) atoms. The molecule has 0 spiro atoms. The normalized spacial score (nSPS) is 12.2. The molecule has 0 bridgehead atoms. The molecule has 8 heteroatoms. The van der Waals surface area contributed by atoms with Crippen LogP contribution in [0.5, 0.6) is 0 Å². The summed E-state index contributed by atoms with van der Waals surface area (Å²) in [5.41, 5.74) is 0.884. The lowest BCUT2D eigenvalue weighted by molar-refractivity contribution is 0.319. The van der Waals surface area contributed by atoms with E-state index in [2.05, 4.69) is 10.1 Å². The van der Waals surface area contributed by atoms with E-state index in [9.17, 15) is 4.79 Å². The molecule has 0 aliphatic rings. The third-order valence-corrected chi connectivity index (χ3v) is 6.08. The fourth-order valence-electron chi connectivity index (χ4n) is 2.44. The minimum atomic E-state index is -0.176. The molecule has 0 aliphatic heterocycles. The summed E-state index contributed by atoms with van der Waals surface area (Å²) in [7, 11) is 0. The molecule has 0 unspecified atom stereocenters. The van der Waals surface area contributed by atoms with Crippen molar-refractivity contribution in [1.29, 1.82) is 0 Å². The van der Waals surface area contributed by atoms with Gasteiger partial charge in [0.05, 0.1) is 11.1 Å². The second-order valence-corrected chi connectivity index (χ2v) is 9.11. The summed E-state index contributed by atoms with van der Waals surface area (Å²) in [4.78, 5) is 23.9. The molecule has 3 heterocycles. The molecule has 0 radical (unpaired) electrons. The number of hydrogen-bond acceptors (Lipinski definition) is 7. The molecule has 0 aromatic carbocycles. The van der Waals surface area contributed by atoms with Crippen LogP contribution in [0.1, 0.15) is 49.9 Å². The summed E-state index contributed by atoms with van der Waals surface area (Å²) >= 11 is 3.03. The molecule has 0 fully saturated rings. The third kappa shape index (κ3) is 3.37. The first-order chi connectivity index (χ1) is 11.7. The largest absolute Gasteiger partial charge is 0.339 e. The number of thiophene rings is 1. The van der Waals surface area contributed by atoms with E-state index in [1.54, 1.807) is 15.9 Å². The van der Waals surface area contributed by atoms with Crippen molar-refractivity contribution < 1.29 is 4.52 Å². The van der Waals surface area contributed by atoms with Gasteiger partial charge in [-0.15, -0.1) is 11.3 Å². The molecule has 0 amide bonds. The zero-order valence-corrected chi connectivity index (χ0v) is 17.0. The van der Waals surface area contributed by atoms with Gasteiger partial charge >= 0.3 is 0 Å². The van der Waals surface area contributed by atoms with Gasteiger partial charge in [0.2, 0.25) is 5.89 Å². The number of aromatic nitrogens is 4. The summed E-state index contributed by atoms with van der Waals surface area (Å²) in [6.45, 7) is 12.6. The Morgan fingerprint density at radius 2 is 1.96 bits per heavy atom. The molecule has 3 aromatic rings. The summed E-state index contributed by atoms with van der Waals surface area (Å²) in [5, 5.41) is 5.47. The average molecular weight is 379 g/mol. The maximum absolute atomic E-state index is 12.8. The maximum atomic E-state index is 12.8. The Balaban J connectivity index is 1.93. The molecule has 3 rings (SSSR count). The van der Waals surface area contributed by atoms with Crippen LogP contribution in [-0.4, -0.2) is 19.7 Å². The van der Waals surface area contributed by atoms with Crippen LogP contribution in [-0.2, 0) is 17.7 Å². The molecule has 134 valence electrons. The van der Waals surface area contributed by atoms with Gasteiger partial charge in [0.15, 0.2) is 11.0 Å². The Kier molecular flexibility index (Phi) is 4.76. The van der Waals surface area contributed by atoms with Gasteiger partial charge in [-0.2, -0.15) is 4.98 Å². The first-order valence-electron chi connectivity index (χ1n) is 8.18. The summed E-state index contributed by atoms with van der Waals surface area (Å²) in [6.07, 6.45) is 0. The van der Waals surface area contributed by atoms with Gasteiger partial charge in [-0.05, 0) is 26.3 Å². The maximum Gasteiger partial charge on any atom is 0.263 e.